The highest BCUT2D eigenvalue weighted by molar-refractivity contribution is 6.36. The lowest BCUT2D eigenvalue weighted by Crippen LogP contribution is -2.12. The molecule has 1 rings (SSSR count). The van der Waals surface area contributed by atoms with Gasteiger partial charge in [0.15, 0.2) is 0 Å². The summed E-state index contributed by atoms with van der Waals surface area (Å²) in [6.07, 6.45) is 0.666. The second-order valence-electron chi connectivity index (χ2n) is 2.36. The minimum Gasteiger partial charge on any atom is -0.411 e. The molecule has 0 heterocycles. The number of oxime groups is 1. The van der Waals surface area contributed by atoms with Crippen molar-refractivity contribution in [3.8, 4) is 0 Å². The summed E-state index contributed by atoms with van der Waals surface area (Å²) in [4.78, 5) is 10.9. The minimum absolute atomic E-state index is 0.0738. The summed E-state index contributed by atoms with van der Waals surface area (Å²) in [7, 11) is 0. The average molecular weight is 217 g/mol. The van der Waals surface area contributed by atoms with E-state index in [1.165, 1.54) is 6.07 Å². The van der Waals surface area contributed by atoms with Crippen molar-refractivity contribution < 1.29 is 14.4 Å². The van der Waals surface area contributed by atoms with Crippen LogP contribution in [0.5, 0.6) is 0 Å². The summed E-state index contributed by atoms with van der Waals surface area (Å²) in [6, 6.07) is 3.52. The van der Waals surface area contributed by atoms with E-state index in [1.54, 1.807) is 0 Å². The molecular weight excluding hydrogens is 211 g/mol. The summed E-state index contributed by atoms with van der Waals surface area (Å²) in [5.41, 5.74) is 0.248. The van der Waals surface area contributed by atoms with E-state index >= 15 is 0 Å². The number of halogens is 2. The molecule has 0 bridgehead atoms. The summed E-state index contributed by atoms with van der Waals surface area (Å²) in [5, 5.41) is 12.9. The van der Waals surface area contributed by atoms with Crippen LogP contribution in [0, 0.1) is 5.82 Å². The van der Waals surface area contributed by atoms with E-state index in [0.717, 1.165) is 12.1 Å². The van der Waals surface area contributed by atoms with Crippen LogP contribution in [-0.2, 0) is 4.79 Å². The van der Waals surface area contributed by atoms with Gasteiger partial charge in [0.1, 0.15) is 12.0 Å². The third kappa shape index (κ3) is 2.70. The molecule has 0 aliphatic rings. The first kappa shape index (κ1) is 10.5. The highest BCUT2D eigenvalue weighted by Crippen LogP contribution is 2.21. The molecule has 0 aliphatic heterocycles. The Balaban J connectivity index is 2.82. The van der Waals surface area contributed by atoms with Crippen molar-refractivity contribution in [1.29, 1.82) is 0 Å². The van der Waals surface area contributed by atoms with Crippen LogP contribution >= 0.6 is 11.6 Å². The van der Waals surface area contributed by atoms with Gasteiger partial charge in [-0.2, -0.15) is 0 Å². The Morgan fingerprint density at radius 1 is 1.64 bits per heavy atom. The zero-order valence-corrected chi connectivity index (χ0v) is 7.62. The molecule has 0 spiro atoms. The molecule has 0 saturated carbocycles. The Morgan fingerprint density at radius 3 is 2.93 bits per heavy atom. The van der Waals surface area contributed by atoms with E-state index in [0.29, 0.717) is 6.21 Å². The average Bonchev–Trinajstić information content (AvgIpc) is 2.10. The number of nitrogens with one attached hydrogen (secondary N) is 1. The van der Waals surface area contributed by atoms with E-state index in [-0.39, 0.29) is 10.7 Å². The first-order valence-electron chi connectivity index (χ1n) is 3.57. The zero-order valence-electron chi connectivity index (χ0n) is 6.87. The molecule has 0 unspecified atom stereocenters. The normalized spacial score (nSPS) is 10.4. The molecule has 0 aliphatic carbocycles. The van der Waals surface area contributed by atoms with E-state index in [1.807, 2.05) is 0 Å². The molecule has 0 aromatic heterocycles. The van der Waals surface area contributed by atoms with Gasteiger partial charge in [-0.05, 0) is 18.2 Å². The molecule has 14 heavy (non-hydrogen) atoms. The largest absolute Gasteiger partial charge is 0.411 e. The Hall–Kier alpha value is -1.62. The van der Waals surface area contributed by atoms with E-state index in [9.17, 15) is 9.18 Å². The molecule has 0 saturated heterocycles. The number of carbonyl (C=O) groups is 1. The molecule has 1 aromatic rings. The fourth-order valence-electron chi connectivity index (χ4n) is 0.808. The maximum atomic E-state index is 12.6. The predicted molar refractivity (Wildman–Crippen MR) is 50.3 cm³/mol. The molecule has 0 atom stereocenters. The number of carbonyl (C=O) groups excluding carboxylic acids is 1. The van der Waals surface area contributed by atoms with Gasteiger partial charge in [-0.15, -0.1) is 0 Å². The van der Waals surface area contributed by atoms with Crippen LogP contribution in [0.3, 0.4) is 0 Å². The molecule has 2 N–H and O–H groups in total. The van der Waals surface area contributed by atoms with Crippen molar-refractivity contribution in [2.75, 3.05) is 5.32 Å². The summed E-state index contributed by atoms with van der Waals surface area (Å²) < 4.78 is 12.6. The van der Waals surface area contributed by atoms with Gasteiger partial charge in [0.25, 0.3) is 5.91 Å². The Labute approximate surface area is 84.0 Å². The number of benzene rings is 1. The van der Waals surface area contributed by atoms with Gasteiger partial charge in [-0.25, -0.2) is 4.39 Å². The van der Waals surface area contributed by atoms with Crippen LogP contribution in [0.2, 0.25) is 5.02 Å². The Bertz CT molecular complexity index is 382. The van der Waals surface area contributed by atoms with Crippen LogP contribution in [0.15, 0.2) is 23.4 Å². The number of nitrogens with zero attached hydrogens (tertiary/aromatic N) is 1. The number of rotatable bonds is 2. The molecule has 1 aromatic carbocycles. The number of amides is 1. The van der Waals surface area contributed by atoms with Crippen molar-refractivity contribution in [1.82, 2.24) is 0 Å². The van der Waals surface area contributed by atoms with Crippen molar-refractivity contribution >= 4 is 29.4 Å². The van der Waals surface area contributed by atoms with Crippen LogP contribution < -0.4 is 5.32 Å². The van der Waals surface area contributed by atoms with E-state index in [4.69, 9.17) is 16.8 Å². The van der Waals surface area contributed by atoms with Gasteiger partial charge >= 0.3 is 0 Å². The number of hydrogen-bond donors (Lipinski definition) is 2. The highest BCUT2D eigenvalue weighted by Gasteiger charge is 2.04. The molecule has 74 valence electrons. The Morgan fingerprint density at radius 2 is 2.36 bits per heavy atom. The number of anilines is 1. The predicted octanol–water partition coefficient (Wildman–Crippen LogP) is 1.88. The number of hydrogen-bond acceptors (Lipinski definition) is 3. The van der Waals surface area contributed by atoms with E-state index in [2.05, 4.69) is 10.5 Å². The SMILES string of the molecule is O=C(C=NO)Nc1ccc(F)cc1Cl. The quantitative estimate of drug-likeness (QED) is 0.450. The van der Waals surface area contributed by atoms with Gasteiger partial charge in [0.2, 0.25) is 0 Å². The maximum Gasteiger partial charge on any atom is 0.270 e. The van der Waals surface area contributed by atoms with Crippen LogP contribution in [0.1, 0.15) is 0 Å². The van der Waals surface area contributed by atoms with Gasteiger partial charge in [-0.3, -0.25) is 4.79 Å². The second-order valence-corrected chi connectivity index (χ2v) is 2.77. The van der Waals surface area contributed by atoms with Gasteiger partial charge in [-0.1, -0.05) is 16.8 Å². The van der Waals surface area contributed by atoms with Crippen molar-refractivity contribution in [3.63, 3.8) is 0 Å². The monoisotopic (exact) mass is 216 g/mol. The zero-order chi connectivity index (χ0) is 10.6. The molecule has 1 amide bonds. The van der Waals surface area contributed by atoms with Crippen LogP contribution in [0.4, 0.5) is 10.1 Å². The van der Waals surface area contributed by atoms with Gasteiger partial charge in [0.05, 0.1) is 10.7 Å². The molecular formula is C8H6ClFN2O2. The topological polar surface area (TPSA) is 61.7 Å². The standard InChI is InChI=1S/C8H6ClFN2O2/c9-6-3-5(10)1-2-7(6)12-8(13)4-11-14/h1-4,14H,(H,12,13). The lowest BCUT2D eigenvalue weighted by Gasteiger charge is -2.03. The molecule has 4 nitrogen and oxygen atoms in total. The second kappa shape index (κ2) is 4.57. The third-order valence-corrected chi connectivity index (χ3v) is 1.68. The Kier molecular flexibility index (Phi) is 3.41. The van der Waals surface area contributed by atoms with Crippen LogP contribution in [-0.4, -0.2) is 17.3 Å². The van der Waals surface area contributed by atoms with E-state index < -0.39 is 11.7 Å². The third-order valence-electron chi connectivity index (χ3n) is 1.36. The summed E-state index contributed by atoms with van der Waals surface area (Å²) in [5.74, 6) is -1.15. The van der Waals surface area contributed by atoms with Gasteiger partial charge in [0, 0.05) is 0 Å². The fraction of sp³-hybridized carbons (Fsp3) is 0. The highest BCUT2D eigenvalue weighted by atomic mass is 35.5. The molecule has 0 radical (unpaired) electrons. The fourth-order valence-corrected chi connectivity index (χ4v) is 1.02. The first-order chi connectivity index (χ1) is 6.63. The lowest BCUT2D eigenvalue weighted by atomic mass is 10.3. The summed E-state index contributed by atoms with van der Waals surface area (Å²) >= 11 is 5.61. The first-order valence-corrected chi connectivity index (χ1v) is 3.94. The summed E-state index contributed by atoms with van der Waals surface area (Å²) in [6.45, 7) is 0. The minimum atomic E-state index is -0.652. The van der Waals surface area contributed by atoms with Crippen molar-refractivity contribution in [3.05, 3.63) is 29.0 Å². The molecule has 0 fully saturated rings. The molecule has 6 heteroatoms. The maximum absolute atomic E-state index is 12.6. The van der Waals surface area contributed by atoms with Crippen molar-refractivity contribution in [2.24, 2.45) is 5.16 Å². The van der Waals surface area contributed by atoms with Crippen molar-refractivity contribution in [2.45, 2.75) is 0 Å². The lowest BCUT2D eigenvalue weighted by molar-refractivity contribution is -0.110. The smallest absolute Gasteiger partial charge is 0.270 e. The van der Waals surface area contributed by atoms with Crippen LogP contribution in [0.25, 0.3) is 0 Å². The van der Waals surface area contributed by atoms with Gasteiger partial charge < -0.3 is 10.5 Å².